The van der Waals surface area contributed by atoms with E-state index in [9.17, 15) is 4.79 Å². The maximum atomic E-state index is 12.7. The van der Waals surface area contributed by atoms with Crippen molar-refractivity contribution in [3.63, 3.8) is 0 Å². The van der Waals surface area contributed by atoms with Gasteiger partial charge < -0.3 is 15.1 Å². The van der Waals surface area contributed by atoms with Crippen LogP contribution in [-0.4, -0.2) is 60.5 Å². The van der Waals surface area contributed by atoms with Crippen molar-refractivity contribution >= 4 is 30.7 Å². The van der Waals surface area contributed by atoms with Crippen molar-refractivity contribution < 1.29 is 4.79 Å². The largest absolute Gasteiger partial charge is 0.336 e. The van der Waals surface area contributed by atoms with E-state index in [4.69, 9.17) is 0 Å². The van der Waals surface area contributed by atoms with Crippen molar-refractivity contribution in [2.45, 2.75) is 44.7 Å². The minimum absolute atomic E-state index is 0. The van der Waals surface area contributed by atoms with Crippen LogP contribution in [0.15, 0.2) is 0 Å². The molecule has 0 aliphatic carbocycles. The van der Waals surface area contributed by atoms with E-state index < -0.39 is 0 Å². The topological polar surface area (TPSA) is 35.6 Å². The summed E-state index contributed by atoms with van der Waals surface area (Å²) >= 11 is 0. The molecule has 0 aromatic carbocycles. The first-order chi connectivity index (χ1) is 8.09. The highest BCUT2D eigenvalue weighted by Gasteiger charge is 2.43. The smallest absolute Gasteiger partial charge is 0.243 e. The average Bonchev–Trinajstić information content (AvgIpc) is 2.78. The van der Waals surface area contributed by atoms with Gasteiger partial charge in [-0.3, -0.25) is 4.79 Å². The summed E-state index contributed by atoms with van der Waals surface area (Å²) in [5.41, 5.74) is -0.260. The molecule has 0 bridgehead atoms. The number of likely N-dealkylation sites (N-methyl/N-ethyl adjacent to an activating group) is 1. The lowest BCUT2D eigenvalue weighted by molar-refractivity contribution is -0.142. The number of hydrogen-bond acceptors (Lipinski definition) is 3. The van der Waals surface area contributed by atoms with Crippen LogP contribution >= 0.6 is 24.8 Å². The first kappa shape index (κ1) is 19.0. The van der Waals surface area contributed by atoms with Gasteiger partial charge in [0, 0.05) is 25.7 Å². The standard InChI is InChI=1S/C13H25N3O.2ClH/c1-4-13(6-5-7-14-13)12(17)16-9-8-15(3)10-11(16)2;;/h11,14H,4-10H2,1-3H3;2*1H. The van der Waals surface area contributed by atoms with Crippen molar-refractivity contribution in [2.75, 3.05) is 33.2 Å². The van der Waals surface area contributed by atoms with Gasteiger partial charge in [-0.25, -0.2) is 0 Å². The number of carbonyl (C=O) groups is 1. The van der Waals surface area contributed by atoms with Gasteiger partial charge in [0.25, 0.3) is 0 Å². The molecule has 1 N–H and O–H groups in total. The lowest BCUT2D eigenvalue weighted by Gasteiger charge is -2.42. The molecule has 1 amide bonds. The van der Waals surface area contributed by atoms with Gasteiger partial charge >= 0.3 is 0 Å². The molecule has 2 aliphatic heterocycles. The van der Waals surface area contributed by atoms with Crippen LogP contribution < -0.4 is 5.32 Å². The lowest BCUT2D eigenvalue weighted by Crippen LogP contribution is -2.61. The summed E-state index contributed by atoms with van der Waals surface area (Å²) in [6, 6.07) is 0.340. The summed E-state index contributed by atoms with van der Waals surface area (Å²) < 4.78 is 0. The van der Waals surface area contributed by atoms with E-state index in [1.165, 1.54) is 0 Å². The van der Waals surface area contributed by atoms with E-state index in [1.54, 1.807) is 0 Å². The molecule has 0 aromatic rings. The van der Waals surface area contributed by atoms with Gasteiger partial charge in [-0.15, -0.1) is 24.8 Å². The molecule has 2 rings (SSSR count). The third kappa shape index (κ3) is 3.75. The number of amides is 1. The monoisotopic (exact) mass is 311 g/mol. The van der Waals surface area contributed by atoms with Crippen LogP contribution in [0.1, 0.15) is 33.1 Å². The maximum absolute atomic E-state index is 12.7. The molecule has 6 heteroatoms. The van der Waals surface area contributed by atoms with Gasteiger partial charge in [-0.05, 0) is 39.8 Å². The zero-order chi connectivity index (χ0) is 12.5. The molecule has 0 aromatic heterocycles. The third-order valence-electron chi connectivity index (χ3n) is 4.35. The normalized spacial score (nSPS) is 31.5. The number of carbonyl (C=O) groups excluding carboxylic acids is 1. The van der Waals surface area contributed by atoms with E-state index >= 15 is 0 Å². The predicted octanol–water partition coefficient (Wildman–Crippen LogP) is 1.52. The van der Waals surface area contributed by atoms with E-state index in [0.717, 1.165) is 45.4 Å². The lowest BCUT2D eigenvalue weighted by atomic mass is 9.91. The fraction of sp³-hybridized carbons (Fsp3) is 0.923. The second kappa shape index (κ2) is 7.67. The summed E-state index contributed by atoms with van der Waals surface area (Å²) in [4.78, 5) is 17.1. The van der Waals surface area contributed by atoms with Gasteiger partial charge in [-0.2, -0.15) is 0 Å². The Labute approximate surface area is 129 Å². The van der Waals surface area contributed by atoms with Crippen molar-refractivity contribution in [1.82, 2.24) is 15.1 Å². The van der Waals surface area contributed by atoms with Gasteiger partial charge in [0.05, 0.1) is 5.54 Å². The van der Waals surface area contributed by atoms with E-state index in [1.807, 2.05) is 0 Å². The predicted molar refractivity (Wildman–Crippen MR) is 83.4 cm³/mol. The number of piperazine rings is 1. The highest BCUT2D eigenvalue weighted by molar-refractivity contribution is 5.87. The fourth-order valence-corrected chi connectivity index (χ4v) is 3.16. The van der Waals surface area contributed by atoms with Crippen molar-refractivity contribution in [3.05, 3.63) is 0 Å². The first-order valence-corrected chi connectivity index (χ1v) is 6.84. The third-order valence-corrected chi connectivity index (χ3v) is 4.35. The average molecular weight is 312 g/mol. The molecule has 2 fully saturated rings. The summed E-state index contributed by atoms with van der Waals surface area (Å²) in [5.74, 6) is 0.332. The minimum Gasteiger partial charge on any atom is -0.336 e. The van der Waals surface area contributed by atoms with Crippen LogP contribution in [-0.2, 0) is 4.79 Å². The molecule has 2 unspecified atom stereocenters. The molecule has 114 valence electrons. The Morgan fingerprint density at radius 3 is 2.53 bits per heavy atom. The summed E-state index contributed by atoms with van der Waals surface area (Å²) in [6.07, 6.45) is 3.04. The maximum Gasteiger partial charge on any atom is 0.243 e. The Bertz CT molecular complexity index is 296. The summed E-state index contributed by atoms with van der Waals surface area (Å²) in [7, 11) is 2.13. The highest BCUT2D eigenvalue weighted by atomic mass is 35.5. The first-order valence-electron chi connectivity index (χ1n) is 6.84. The molecule has 19 heavy (non-hydrogen) atoms. The Morgan fingerprint density at radius 2 is 2.05 bits per heavy atom. The SMILES string of the molecule is CCC1(C(=O)N2CCN(C)CC2C)CCCN1.Cl.Cl. The van der Waals surface area contributed by atoms with Crippen LogP contribution in [0.3, 0.4) is 0 Å². The Balaban J connectivity index is 0.00000162. The molecule has 0 saturated carbocycles. The molecular formula is C13H27Cl2N3O. The van der Waals surface area contributed by atoms with E-state index in [2.05, 4.69) is 36.0 Å². The van der Waals surface area contributed by atoms with E-state index in [0.29, 0.717) is 11.9 Å². The summed E-state index contributed by atoms with van der Waals surface area (Å²) in [6.45, 7) is 8.13. The number of rotatable bonds is 2. The zero-order valence-corrected chi connectivity index (χ0v) is 13.8. The van der Waals surface area contributed by atoms with Crippen LogP contribution in [0.4, 0.5) is 0 Å². The molecule has 0 spiro atoms. The van der Waals surface area contributed by atoms with Crippen LogP contribution in [0.5, 0.6) is 0 Å². The van der Waals surface area contributed by atoms with Gasteiger partial charge in [0.2, 0.25) is 5.91 Å². The van der Waals surface area contributed by atoms with Gasteiger partial charge in [-0.1, -0.05) is 6.92 Å². The Morgan fingerprint density at radius 1 is 1.37 bits per heavy atom. The number of hydrogen-bond donors (Lipinski definition) is 1. The van der Waals surface area contributed by atoms with Crippen molar-refractivity contribution in [2.24, 2.45) is 0 Å². The highest BCUT2D eigenvalue weighted by Crippen LogP contribution is 2.27. The van der Waals surface area contributed by atoms with Gasteiger partial charge in [0.1, 0.15) is 0 Å². The fourth-order valence-electron chi connectivity index (χ4n) is 3.16. The van der Waals surface area contributed by atoms with Crippen LogP contribution in [0.25, 0.3) is 0 Å². The number of halogens is 2. The molecule has 2 saturated heterocycles. The Hall–Kier alpha value is -0.0300. The van der Waals surface area contributed by atoms with Crippen molar-refractivity contribution in [1.29, 1.82) is 0 Å². The molecule has 0 radical (unpaired) electrons. The molecular weight excluding hydrogens is 285 g/mol. The number of nitrogens with zero attached hydrogens (tertiary/aromatic N) is 2. The molecule has 2 heterocycles. The second-order valence-electron chi connectivity index (χ2n) is 5.58. The Kier molecular flexibility index (Phi) is 7.66. The minimum atomic E-state index is -0.260. The summed E-state index contributed by atoms with van der Waals surface area (Å²) in [5, 5.41) is 3.44. The number of nitrogens with one attached hydrogen (secondary N) is 1. The van der Waals surface area contributed by atoms with Crippen molar-refractivity contribution in [3.8, 4) is 0 Å². The van der Waals surface area contributed by atoms with Gasteiger partial charge in [0.15, 0.2) is 0 Å². The molecule has 2 atom stereocenters. The quantitative estimate of drug-likeness (QED) is 0.840. The molecule has 2 aliphatic rings. The second-order valence-corrected chi connectivity index (χ2v) is 5.58. The van der Waals surface area contributed by atoms with E-state index in [-0.39, 0.29) is 30.4 Å². The molecule has 4 nitrogen and oxygen atoms in total. The van der Waals surface area contributed by atoms with Crippen LogP contribution in [0.2, 0.25) is 0 Å². The zero-order valence-electron chi connectivity index (χ0n) is 12.1. The van der Waals surface area contributed by atoms with Crippen LogP contribution in [0, 0.1) is 0 Å².